The van der Waals surface area contributed by atoms with E-state index in [-0.39, 0.29) is 24.2 Å². The zero-order valence-electron chi connectivity index (χ0n) is 12.3. The van der Waals surface area contributed by atoms with Crippen LogP contribution in [0.4, 0.5) is 10.1 Å². The van der Waals surface area contributed by atoms with Gasteiger partial charge in [0.2, 0.25) is 5.91 Å². The van der Waals surface area contributed by atoms with Crippen LogP contribution in [-0.4, -0.2) is 30.8 Å². The molecule has 114 valence electrons. The molecule has 1 atom stereocenters. The lowest BCUT2D eigenvalue weighted by Crippen LogP contribution is -2.15. The molecular formula is C16H20FNO3. The first-order valence-corrected chi connectivity index (χ1v) is 6.78. The summed E-state index contributed by atoms with van der Waals surface area (Å²) in [6, 6.07) is 4.34. The second kappa shape index (κ2) is 9.11. The largest absolute Gasteiger partial charge is 0.395 e. The highest BCUT2D eigenvalue weighted by atomic mass is 19.1. The van der Waals surface area contributed by atoms with E-state index in [0.717, 1.165) is 0 Å². The van der Waals surface area contributed by atoms with Gasteiger partial charge in [0.25, 0.3) is 0 Å². The average molecular weight is 293 g/mol. The molecule has 0 bridgehead atoms. The fraction of sp³-hybridized carbons (Fsp3) is 0.438. The third-order valence-electron chi connectivity index (χ3n) is 2.89. The van der Waals surface area contributed by atoms with Gasteiger partial charge in [-0.2, -0.15) is 0 Å². The minimum Gasteiger partial charge on any atom is -0.395 e. The van der Waals surface area contributed by atoms with Gasteiger partial charge in [-0.25, -0.2) is 4.39 Å². The lowest BCUT2D eigenvalue weighted by atomic mass is 10.1. The highest BCUT2D eigenvalue weighted by Gasteiger charge is 2.08. The van der Waals surface area contributed by atoms with Crippen molar-refractivity contribution in [3.8, 4) is 11.8 Å². The lowest BCUT2D eigenvalue weighted by molar-refractivity contribution is -0.116. The number of rotatable bonds is 6. The van der Waals surface area contributed by atoms with E-state index < -0.39 is 5.82 Å². The predicted molar refractivity (Wildman–Crippen MR) is 79.3 cm³/mol. The third kappa shape index (κ3) is 6.39. The van der Waals surface area contributed by atoms with Crippen LogP contribution in [0.25, 0.3) is 0 Å². The zero-order valence-corrected chi connectivity index (χ0v) is 12.3. The fourth-order valence-corrected chi connectivity index (χ4v) is 1.58. The maximum atomic E-state index is 13.8. The Balaban J connectivity index is 2.59. The van der Waals surface area contributed by atoms with Crippen molar-refractivity contribution in [2.75, 3.05) is 19.0 Å². The molecule has 0 fully saturated rings. The highest BCUT2D eigenvalue weighted by molar-refractivity contribution is 5.90. The number of carbonyl (C=O) groups excluding carboxylic acids is 1. The summed E-state index contributed by atoms with van der Waals surface area (Å²) < 4.78 is 18.8. The van der Waals surface area contributed by atoms with Crippen molar-refractivity contribution in [3.05, 3.63) is 29.6 Å². The number of benzene rings is 1. The smallest absolute Gasteiger partial charge is 0.224 e. The summed E-state index contributed by atoms with van der Waals surface area (Å²) in [5.41, 5.74) is 0.643. The Morgan fingerprint density at radius 2 is 2.29 bits per heavy atom. The molecule has 0 aliphatic rings. The maximum absolute atomic E-state index is 13.8. The number of carbonyl (C=O) groups is 1. The van der Waals surface area contributed by atoms with Crippen LogP contribution in [0.3, 0.4) is 0 Å². The molecule has 1 aromatic carbocycles. The van der Waals surface area contributed by atoms with Gasteiger partial charge in [0.05, 0.1) is 18.3 Å². The minimum absolute atomic E-state index is 0.0108. The van der Waals surface area contributed by atoms with Gasteiger partial charge in [-0.3, -0.25) is 4.79 Å². The van der Waals surface area contributed by atoms with Gasteiger partial charge >= 0.3 is 0 Å². The summed E-state index contributed by atoms with van der Waals surface area (Å²) in [6.45, 7) is 1.83. The van der Waals surface area contributed by atoms with Crippen molar-refractivity contribution in [1.82, 2.24) is 0 Å². The van der Waals surface area contributed by atoms with E-state index >= 15 is 0 Å². The molecule has 1 rings (SSSR count). The molecule has 2 N–H and O–H groups in total. The van der Waals surface area contributed by atoms with E-state index in [1.54, 1.807) is 13.2 Å². The number of anilines is 1. The first kappa shape index (κ1) is 17.2. The van der Waals surface area contributed by atoms with Crippen molar-refractivity contribution >= 4 is 11.6 Å². The SMILES string of the molecule is COC(C)CCC(=O)Nc1ccc(C#CCCO)c(F)c1. The van der Waals surface area contributed by atoms with Crippen molar-refractivity contribution in [3.63, 3.8) is 0 Å². The van der Waals surface area contributed by atoms with Gasteiger partial charge in [-0.15, -0.1) is 0 Å². The molecular weight excluding hydrogens is 273 g/mol. The summed E-state index contributed by atoms with van der Waals surface area (Å²) in [6.07, 6.45) is 1.23. The fourth-order valence-electron chi connectivity index (χ4n) is 1.58. The van der Waals surface area contributed by atoms with Gasteiger partial charge in [0.1, 0.15) is 5.82 Å². The number of aliphatic hydroxyl groups excluding tert-OH is 1. The van der Waals surface area contributed by atoms with E-state index in [1.165, 1.54) is 12.1 Å². The molecule has 5 heteroatoms. The molecule has 1 amide bonds. The third-order valence-corrected chi connectivity index (χ3v) is 2.89. The highest BCUT2D eigenvalue weighted by Crippen LogP contribution is 2.14. The average Bonchev–Trinajstić information content (AvgIpc) is 2.47. The first-order chi connectivity index (χ1) is 10.1. The van der Waals surface area contributed by atoms with Crippen LogP contribution in [0.2, 0.25) is 0 Å². The molecule has 0 aliphatic heterocycles. The zero-order chi connectivity index (χ0) is 15.7. The summed E-state index contributed by atoms with van der Waals surface area (Å²) in [5, 5.41) is 11.2. The first-order valence-electron chi connectivity index (χ1n) is 6.78. The molecule has 1 unspecified atom stereocenters. The molecule has 0 radical (unpaired) electrons. The number of amides is 1. The number of hydrogen-bond donors (Lipinski definition) is 2. The number of methoxy groups -OCH3 is 1. The number of nitrogens with one attached hydrogen (secondary N) is 1. The minimum atomic E-state index is -0.497. The van der Waals surface area contributed by atoms with Gasteiger partial charge in [-0.05, 0) is 31.5 Å². The molecule has 4 nitrogen and oxygen atoms in total. The number of ether oxygens (including phenoxy) is 1. The normalized spacial score (nSPS) is 11.4. The number of hydrogen-bond acceptors (Lipinski definition) is 3. The second-order valence-electron chi connectivity index (χ2n) is 4.60. The summed E-state index contributed by atoms with van der Waals surface area (Å²) >= 11 is 0. The van der Waals surface area contributed by atoms with E-state index in [1.807, 2.05) is 6.92 Å². The Labute approximate surface area is 124 Å². The Kier molecular flexibility index (Phi) is 7.44. The molecule has 0 spiro atoms. The summed E-state index contributed by atoms with van der Waals surface area (Å²) in [7, 11) is 1.59. The van der Waals surface area contributed by atoms with Crippen LogP contribution in [-0.2, 0) is 9.53 Å². The topological polar surface area (TPSA) is 58.6 Å². The van der Waals surface area contributed by atoms with Gasteiger partial charge in [0.15, 0.2) is 0 Å². The van der Waals surface area contributed by atoms with Crippen molar-refractivity contribution < 1.29 is 19.0 Å². The van der Waals surface area contributed by atoms with E-state index in [0.29, 0.717) is 24.9 Å². The van der Waals surface area contributed by atoms with Gasteiger partial charge in [0, 0.05) is 25.6 Å². The predicted octanol–water partition coefficient (Wildman–Crippen LogP) is 2.31. The van der Waals surface area contributed by atoms with Crippen molar-refractivity contribution in [1.29, 1.82) is 0 Å². The van der Waals surface area contributed by atoms with Crippen molar-refractivity contribution in [2.24, 2.45) is 0 Å². The number of aliphatic hydroxyl groups is 1. The van der Waals surface area contributed by atoms with Crippen LogP contribution >= 0.6 is 0 Å². The maximum Gasteiger partial charge on any atom is 0.224 e. The van der Waals surface area contributed by atoms with E-state index in [4.69, 9.17) is 9.84 Å². The lowest BCUT2D eigenvalue weighted by Gasteiger charge is -2.09. The standard InChI is InChI=1S/C16H20FNO3/c1-12(21-2)6-9-16(20)18-14-8-7-13(15(17)11-14)5-3-4-10-19/h7-8,11-12,19H,4,6,9-10H2,1-2H3,(H,18,20). The Morgan fingerprint density at radius 3 is 2.90 bits per heavy atom. The molecule has 0 saturated heterocycles. The van der Waals surface area contributed by atoms with Crippen LogP contribution in [0.15, 0.2) is 18.2 Å². The Bertz CT molecular complexity index is 534. The molecule has 0 saturated carbocycles. The quantitative estimate of drug-likeness (QED) is 0.791. The molecule has 1 aromatic rings. The van der Waals surface area contributed by atoms with Crippen LogP contribution in [0.5, 0.6) is 0 Å². The number of halogens is 1. The molecule has 0 aromatic heterocycles. The van der Waals surface area contributed by atoms with Crippen LogP contribution < -0.4 is 5.32 Å². The van der Waals surface area contributed by atoms with Gasteiger partial charge in [-0.1, -0.05) is 11.8 Å². The van der Waals surface area contributed by atoms with Gasteiger partial charge < -0.3 is 15.2 Å². The van der Waals surface area contributed by atoms with Crippen LogP contribution in [0.1, 0.15) is 31.7 Å². The molecule has 0 heterocycles. The van der Waals surface area contributed by atoms with Crippen LogP contribution in [0, 0.1) is 17.7 Å². The Morgan fingerprint density at radius 1 is 1.52 bits per heavy atom. The summed E-state index contributed by atoms with van der Waals surface area (Å²) in [5.74, 6) is 4.60. The van der Waals surface area contributed by atoms with E-state index in [2.05, 4.69) is 17.2 Å². The van der Waals surface area contributed by atoms with E-state index in [9.17, 15) is 9.18 Å². The molecule has 0 aliphatic carbocycles. The Hall–Kier alpha value is -1.90. The molecule has 21 heavy (non-hydrogen) atoms. The second-order valence-corrected chi connectivity index (χ2v) is 4.60. The summed E-state index contributed by atoms with van der Waals surface area (Å²) in [4.78, 5) is 11.7. The monoisotopic (exact) mass is 293 g/mol. The van der Waals surface area contributed by atoms with Crippen molar-refractivity contribution in [2.45, 2.75) is 32.3 Å².